The van der Waals surface area contributed by atoms with Crippen LogP contribution >= 0.6 is 0 Å². The van der Waals surface area contributed by atoms with Crippen LogP contribution < -0.4 is 0 Å². The van der Waals surface area contributed by atoms with Crippen LogP contribution in [0.5, 0.6) is 0 Å². The van der Waals surface area contributed by atoms with Gasteiger partial charge in [0.1, 0.15) is 5.76 Å². The van der Waals surface area contributed by atoms with Gasteiger partial charge in [0.25, 0.3) is 11.7 Å². The van der Waals surface area contributed by atoms with Crippen molar-refractivity contribution < 1.29 is 14.7 Å². The summed E-state index contributed by atoms with van der Waals surface area (Å²) in [7, 11) is 0. The Labute approximate surface area is 181 Å². The van der Waals surface area contributed by atoms with Crippen molar-refractivity contribution in [2.75, 3.05) is 6.54 Å². The fraction of sp³-hybridized carbons (Fsp3) is 0.240. The van der Waals surface area contributed by atoms with Gasteiger partial charge in [-0.05, 0) is 31.4 Å². The van der Waals surface area contributed by atoms with Gasteiger partial charge in [0.2, 0.25) is 0 Å². The van der Waals surface area contributed by atoms with E-state index in [1.807, 2.05) is 48.9 Å². The minimum atomic E-state index is -0.644. The Hall–Kier alpha value is -3.67. The van der Waals surface area contributed by atoms with Crippen molar-refractivity contribution in [1.82, 2.24) is 14.5 Å². The highest BCUT2D eigenvalue weighted by molar-refractivity contribution is 6.46. The van der Waals surface area contributed by atoms with E-state index in [0.717, 1.165) is 16.7 Å². The van der Waals surface area contributed by atoms with E-state index in [2.05, 4.69) is 4.98 Å². The molecule has 2 aromatic carbocycles. The monoisotopic (exact) mass is 415 g/mol. The van der Waals surface area contributed by atoms with Gasteiger partial charge in [-0.1, -0.05) is 54.1 Å². The normalized spacial score (nSPS) is 18.0. The Morgan fingerprint density at radius 2 is 1.84 bits per heavy atom. The maximum Gasteiger partial charge on any atom is 0.295 e. The summed E-state index contributed by atoms with van der Waals surface area (Å²) < 4.78 is 1.94. The molecule has 1 aliphatic rings. The molecule has 0 saturated carbocycles. The third-order valence-electron chi connectivity index (χ3n) is 5.68. The minimum Gasteiger partial charge on any atom is -0.507 e. The number of benzene rings is 2. The van der Waals surface area contributed by atoms with Gasteiger partial charge in [-0.15, -0.1) is 0 Å². The summed E-state index contributed by atoms with van der Waals surface area (Å²) in [5, 5.41) is 11.0. The van der Waals surface area contributed by atoms with Crippen LogP contribution in [0.25, 0.3) is 5.76 Å². The number of aliphatic hydroxyl groups is 1. The number of imidazole rings is 1. The van der Waals surface area contributed by atoms with Gasteiger partial charge in [0.05, 0.1) is 17.9 Å². The lowest BCUT2D eigenvalue weighted by Gasteiger charge is -2.27. The molecule has 0 aliphatic carbocycles. The van der Waals surface area contributed by atoms with E-state index < -0.39 is 17.7 Å². The zero-order chi connectivity index (χ0) is 22.0. The summed E-state index contributed by atoms with van der Waals surface area (Å²) in [5.74, 6) is -1.36. The number of aliphatic hydroxyl groups excluding tert-OH is 1. The van der Waals surface area contributed by atoms with E-state index in [1.165, 1.54) is 0 Å². The van der Waals surface area contributed by atoms with Gasteiger partial charge in [0.15, 0.2) is 0 Å². The SMILES string of the molecule is Cc1ccc(C2/C(=C(/O)c3ccccc3)C(=O)C(=O)N2CCCn2ccnc2)c(C)c1. The molecule has 31 heavy (non-hydrogen) atoms. The number of ketones is 1. The molecule has 6 heteroatoms. The summed E-state index contributed by atoms with van der Waals surface area (Å²) in [6.07, 6.45) is 5.97. The second-order valence-corrected chi connectivity index (χ2v) is 7.87. The Morgan fingerprint density at radius 3 is 2.52 bits per heavy atom. The van der Waals surface area contributed by atoms with Crippen LogP contribution in [-0.4, -0.2) is 37.8 Å². The fourth-order valence-electron chi connectivity index (χ4n) is 4.16. The number of carbonyl (C=O) groups excluding carboxylic acids is 2. The standard InChI is InChI=1S/C25H25N3O3/c1-17-9-10-20(18(2)15-17)22-21(23(29)19-7-4-3-5-8-19)24(30)25(31)28(22)13-6-12-27-14-11-26-16-27/h3-5,7-11,14-16,22,29H,6,12-13H2,1-2H3/b23-21-. The van der Waals surface area contributed by atoms with Crippen LogP contribution in [0.1, 0.15) is 34.7 Å². The highest BCUT2D eigenvalue weighted by Crippen LogP contribution is 2.40. The van der Waals surface area contributed by atoms with E-state index in [9.17, 15) is 14.7 Å². The van der Waals surface area contributed by atoms with Crippen LogP contribution in [0.3, 0.4) is 0 Å². The maximum atomic E-state index is 13.1. The first-order chi connectivity index (χ1) is 15.0. The lowest BCUT2D eigenvalue weighted by molar-refractivity contribution is -0.139. The van der Waals surface area contributed by atoms with Crippen LogP contribution in [0.4, 0.5) is 0 Å². The smallest absolute Gasteiger partial charge is 0.295 e. The number of carbonyl (C=O) groups is 2. The average molecular weight is 415 g/mol. The van der Waals surface area contributed by atoms with E-state index >= 15 is 0 Å². The molecule has 1 fully saturated rings. The molecule has 2 heterocycles. The maximum absolute atomic E-state index is 13.1. The fourth-order valence-corrected chi connectivity index (χ4v) is 4.16. The predicted octanol–water partition coefficient (Wildman–Crippen LogP) is 4.01. The molecule has 1 aromatic heterocycles. The molecule has 4 rings (SSSR count). The number of hydrogen-bond acceptors (Lipinski definition) is 4. The van der Waals surface area contributed by atoms with Crippen molar-refractivity contribution in [3.8, 4) is 0 Å². The van der Waals surface area contributed by atoms with Crippen LogP contribution in [0.15, 0.2) is 72.8 Å². The molecule has 0 spiro atoms. The zero-order valence-corrected chi connectivity index (χ0v) is 17.7. The quantitative estimate of drug-likeness (QED) is 0.375. The predicted molar refractivity (Wildman–Crippen MR) is 118 cm³/mol. The third kappa shape index (κ3) is 4.01. The average Bonchev–Trinajstić information content (AvgIpc) is 3.36. The molecule has 3 aromatic rings. The molecule has 1 aliphatic heterocycles. The van der Waals surface area contributed by atoms with E-state index in [4.69, 9.17) is 0 Å². The second kappa shape index (κ2) is 8.60. The molecule has 1 N–H and O–H groups in total. The first-order valence-electron chi connectivity index (χ1n) is 10.3. The first kappa shape index (κ1) is 20.6. The topological polar surface area (TPSA) is 75.4 Å². The van der Waals surface area contributed by atoms with Gasteiger partial charge < -0.3 is 14.6 Å². The number of hydrogen-bond donors (Lipinski definition) is 1. The van der Waals surface area contributed by atoms with Gasteiger partial charge in [-0.25, -0.2) is 4.98 Å². The van der Waals surface area contributed by atoms with Crippen LogP contribution in [-0.2, 0) is 16.1 Å². The van der Waals surface area contributed by atoms with Crippen molar-refractivity contribution in [3.05, 3.63) is 95.1 Å². The number of Topliss-reactive ketones (excluding diaryl/α,β-unsaturated/α-hetero) is 1. The summed E-state index contributed by atoms with van der Waals surface area (Å²) in [6, 6.07) is 14.2. The minimum absolute atomic E-state index is 0.138. The summed E-state index contributed by atoms with van der Waals surface area (Å²) >= 11 is 0. The number of amides is 1. The van der Waals surface area contributed by atoms with Gasteiger partial charge in [-0.3, -0.25) is 9.59 Å². The molecular formula is C25H25N3O3. The molecule has 0 radical (unpaired) electrons. The third-order valence-corrected chi connectivity index (χ3v) is 5.68. The number of likely N-dealkylation sites (tertiary alicyclic amines) is 1. The number of aromatic nitrogens is 2. The van der Waals surface area contributed by atoms with Crippen molar-refractivity contribution in [2.24, 2.45) is 0 Å². The van der Waals surface area contributed by atoms with E-state index in [-0.39, 0.29) is 11.3 Å². The summed E-state index contributed by atoms with van der Waals surface area (Å²) in [4.78, 5) is 31.7. The van der Waals surface area contributed by atoms with Gasteiger partial charge in [0, 0.05) is 31.0 Å². The zero-order valence-electron chi connectivity index (χ0n) is 17.7. The summed E-state index contributed by atoms with van der Waals surface area (Å²) in [6.45, 7) is 5.05. The lowest BCUT2D eigenvalue weighted by Crippen LogP contribution is -2.31. The van der Waals surface area contributed by atoms with Crippen molar-refractivity contribution in [2.45, 2.75) is 32.9 Å². The Balaban J connectivity index is 1.76. The molecule has 1 amide bonds. The first-order valence-corrected chi connectivity index (χ1v) is 10.3. The number of rotatable bonds is 6. The van der Waals surface area contributed by atoms with E-state index in [0.29, 0.717) is 25.1 Å². The molecule has 1 saturated heterocycles. The lowest BCUT2D eigenvalue weighted by atomic mass is 9.91. The van der Waals surface area contributed by atoms with E-state index in [1.54, 1.807) is 41.7 Å². The molecular weight excluding hydrogens is 390 g/mol. The largest absolute Gasteiger partial charge is 0.507 e. The highest BCUT2D eigenvalue weighted by Gasteiger charge is 2.46. The van der Waals surface area contributed by atoms with Crippen molar-refractivity contribution in [1.29, 1.82) is 0 Å². The van der Waals surface area contributed by atoms with Crippen LogP contribution in [0, 0.1) is 13.8 Å². The van der Waals surface area contributed by atoms with Gasteiger partial charge in [-0.2, -0.15) is 0 Å². The number of nitrogens with zero attached hydrogens (tertiary/aromatic N) is 3. The molecule has 0 bridgehead atoms. The second-order valence-electron chi connectivity index (χ2n) is 7.87. The molecule has 158 valence electrons. The van der Waals surface area contributed by atoms with Crippen molar-refractivity contribution in [3.63, 3.8) is 0 Å². The van der Waals surface area contributed by atoms with Gasteiger partial charge >= 0.3 is 0 Å². The Bertz CT molecular complexity index is 1130. The Kier molecular flexibility index (Phi) is 5.71. The van der Waals surface area contributed by atoms with Crippen LogP contribution in [0.2, 0.25) is 0 Å². The summed E-state index contributed by atoms with van der Waals surface area (Å²) in [5.41, 5.74) is 3.59. The molecule has 6 nitrogen and oxygen atoms in total. The Morgan fingerprint density at radius 1 is 1.06 bits per heavy atom. The number of aryl methyl sites for hydroxylation is 3. The molecule has 1 atom stereocenters. The highest BCUT2D eigenvalue weighted by atomic mass is 16.3. The molecule has 1 unspecified atom stereocenters. The van der Waals surface area contributed by atoms with Crippen molar-refractivity contribution >= 4 is 17.4 Å².